The van der Waals surface area contributed by atoms with Crippen molar-refractivity contribution in [2.24, 2.45) is 0 Å². The molecule has 1 aromatic rings. The van der Waals surface area contributed by atoms with Crippen molar-refractivity contribution < 1.29 is 15.0 Å². The highest BCUT2D eigenvalue weighted by atomic mass is 35.5. The lowest BCUT2D eigenvalue weighted by atomic mass is 10.1. The third-order valence-electron chi connectivity index (χ3n) is 2.14. The van der Waals surface area contributed by atoms with Gasteiger partial charge < -0.3 is 15.5 Å². The molecule has 3 N–H and O–H groups in total. The Morgan fingerprint density at radius 1 is 1.47 bits per heavy atom. The number of hydrogen-bond acceptors (Lipinski definition) is 3. The third kappa shape index (κ3) is 4.16. The lowest BCUT2D eigenvalue weighted by molar-refractivity contribution is 0.00320. The number of rotatable bonds is 4. The monoisotopic (exact) mass is 277 g/mol. The summed E-state index contributed by atoms with van der Waals surface area (Å²) < 4.78 is 0. The van der Waals surface area contributed by atoms with Crippen LogP contribution in [0, 0.1) is 0 Å². The minimum absolute atomic E-state index is 0.0782. The number of benzene rings is 1. The van der Waals surface area contributed by atoms with E-state index in [2.05, 4.69) is 5.32 Å². The molecule has 0 aromatic heterocycles. The zero-order valence-electron chi connectivity index (χ0n) is 9.20. The van der Waals surface area contributed by atoms with E-state index in [0.29, 0.717) is 5.02 Å². The average Bonchev–Trinajstić information content (AvgIpc) is 2.29. The van der Waals surface area contributed by atoms with E-state index in [9.17, 15) is 9.90 Å². The van der Waals surface area contributed by atoms with Crippen molar-refractivity contribution in [3.63, 3.8) is 0 Å². The highest BCUT2D eigenvalue weighted by molar-refractivity contribution is 6.35. The molecule has 17 heavy (non-hydrogen) atoms. The molecular formula is C11H13Cl2NO3. The number of carbonyl (C=O) groups excluding carboxylic acids is 1. The summed E-state index contributed by atoms with van der Waals surface area (Å²) in [6, 6.07) is 4.53. The van der Waals surface area contributed by atoms with E-state index in [0.717, 1.165) is 0 Å². The van der Waals surface area contributed by atoms with E-state index in [1.54, 1.807) is 6.07 Å². The second-order valence-corrected chi connectivity index (χ2v) is 4.81. The van der Waals surface area contributed by atoms with Crippen molar-refractivity contribution in [3.05, 3.63) is 33.8 Å². The standard InChI is InChI=1S/C11H13Cl2NO3/c1-11(17,6-15)5-14-10(16)8-4-7(12)2-3-9(8)13/h2-4,15,17H,5-6H2,1H3,(H,14,16). The van der Waals surface area contributed by atoms with E-state index >= 15 is 0 Å². The second kappa shape index (κ2) is 5.69. The lowest BCUT2D eigenvalue weighted by Crippen LogP contribution is -2.43. The van der Waals surface area contributed by atoms with Crippen LogP contribution in [0.25, 0.3) is 0 Å². The molecule has 0 bridgehead atoms. The summed E-state index contributed by atoms with van der Waals surface area (Å²) in [7, 11) is 0. The maximum atomic E-state index is 11.7. The Morgan fingerprint density at radius 3 is 2.71 bits per heavy atom. The molecule has 1 unspecified atom stereocenters. The SMILES string of the molecule is CC(O)(CO)CNC(=O)c1cc(Cl)ccc1Cl. The Bertz CT molecular complexity index is 421. The normalized spacial score (nSPS) is 14.2. The summed E-state index contributed by atoms with van der Waals surface area (Å²) in [5.41, 5.74) is -1.13. The molecule has 94 valence electrons. The van der Waals surface area contributed by atoms with Crippen LogP contribution in [-0.2, 0) is 0 Å². The summed E-state index contributed by atoms with van der Waals surface area (Å²) >= 11 is 11.6. The van der Waals surface area contributed by atoms with E-state index in [1.807, 2.05) is 0 Å². The number of amides is 1. The maximum Gasteiger partial charge on any atom is 0.252 e. The summed E-state index contributed by atoms with van der Waals surface area (Å²) in [6.45, 7) is 0.884. The number of halogens is 2. The number of hydrogen-bond donors (Lipinski definition) is 3. The molecule has 1 rings (SSSR count). The van der Waals surface area contributed by atoms with Gasteiger partial charge >= 0.3 is 0 Å². The van der Waals surface area contributed by atoms with Gasteiger partial charge in [-0.25, -0.2) is 0 Å². The predicted octanol–water partition coefficient (Wildman–Crippen LogP) is 1.47. The quantitative estimate of drug-likeness (QED) is 0.781. The zero-order chi connectivity index (χ0) is 13.1. The Labute approximate surface area is 109 Å². The molecule has 4 nitrogen and oxygen atoms in total. The van der Waals surface area contributed by atoms with E-state index < -0.39 is 18.1 Å². The van der Waals surface area contributed by atoms with Crippen LogP contribution in [0.5, 0.6) is 0 Å². The van der Waals surface area contributed by atoms with Crippen LogP contribution in [-0.4, -0.2) is 34.9 Å². The van der Waals surface area contributed by atoms with Crippen molar-refractivity contribution in [3.8, 4) is 0 Å². The van der Waals surface area contributed by atoms with Gasteiger partial charge in [0, 0.05) is 11.6 Å². The smallest absolute Gasteiger partial charge is 0.252 e. The van der Waals surface area contributed by atoms with E-state index in [4.69, 9.17) is 28.3 Å². The predicted molar refractivity (Wildman–Crippen MR) is 66.5 cm³/mol. The van der Waals surface area contributed by atoms with Gasteiger partial charge in [-0.3, -0.25) is 4.79 Å². The average molecular weight is 278 g/mol. The van der Waals surface area contributed by atoms with E-state index in [-0.39, 0.29) is 17.1 Å². The molecule has 0 aliphatic carbocycles. The molecule has 0 saturated heterocycles. The van der Waals surface area contributed by atoms with Crippen LogP contribution < -0.4 is 5.32 Å². The largest absolute Gasteiger partial charge is 0.393 e. The highest BCUT2D eigenvalue weighted by Crippen LogP contribution is 2.20. The Balaban J connectivity index is 2.74. The van der Waals surface area contributed by atoms with Gasteiger partial charge in [0.15, 0.2) is 0 Å². The molecule has 6 heteroatoms. The van der Waals surface area contributed by atoms with Gasteiger partial charge in [-0.1, -0.05) is 23.2 Å². The Hall–Kier alpha value is -0.810. The molecule has 0 heterocycles. The molecule has 0 aliphatic rings. The van der Waals surface area contributed by atoms with Gasteiger partial charge in [-0.05, 0) is 25.1 Å². The first kappa shape index (κ1) is 14.3. The minimum atomic E-state index is -1.36. The van der Waals surface area contributed by atoms with Gasteiger partial charge in [0.1, 0.15) is 5.60 Å². The first-order valence-corrected chi connectivity index (χ1v) is 5.68. The van der Waals surface area contributed by atoms with Crippen LogP contribution >= 0.6 is 23.2 Å². The van der Waals surface area contributed by atoms with Crippen molar-refractivity contribution in [2.45, 2.75) is 12.5 Å². The molecular weight excluding hydrogens is 265 g/mol. The van der Waals surface area contributed by atoms with Crippen LogP contribution in [0.3, 0.4) is 0 Å². The van der Waals surface area contributed by atoms with Crippen LogP contribution in [0.2, 0.25) is 10.0 Å². The van der Waals surface area contributed by atoms with Crippen molar-refractivity contribution >= 4 is 29.1 Å². The number of aliphatic hydroxyl groups excluding tert-OH is 1. The summed E-state index contributed by atoms with van der Waals surface area (Å²) in [5.74, 6) is -0.453. The van der Waals surface area contributed by atoms with Crippen LogP contribution in [0.15, 0.2) is 18.2 Å². The molecule has 1 atom stereocenters. The topological polar surface area (TPSA) is 69.6 Å². The molecule has 0 spiro atoms. The fourth-order valence-electron chi connectivity index (χ4n) is 1.09. The van der Waals surface area contributed by atoms with Gasteiger partial charge in [-0.15, -0.1) is 0 Å². The van der Waals surface area contributed by atoms with Crippen LogP contribution in [0.1, 0.15) is 17.3 Å². The Kier molecular flexibility index (Phi) is 4.77. The first-order valence-electron chi connectivity index (χ1n) is 4.92. The van der Waals surface area contributed by atoms with Gasteiger partial charge in [0.2, 0.25) is 0 Å². The molecule has 0 radical (unpaired) electrons. The molecule has 1 aromatic carbocycles. The maximum absolute atomic E-state index is 11.7. The lowest BCUT2D eigenvalue weighted by Gasteiger charge is -2.20. The van der Waals surface area contributed by atoms with Crippen molar-refractivity contribution in [2.75, 3.05) is 13.2 Å². The van der Waals surface area contributed by atoms with Crippen molar-refractivity contribution in [1.29, 1.82) is 0 Å². The minimum Gasteiger partial charge on any atom is -0.393 e. The first-order chi connectivity index (χ1) is 7.85. The molecule has 0 aliphatic heterocycles. The van der Waals surface area contributed by atoms with Gasteiger partial charge in [0.25, 0.3) is 5.91 Å². The highest BCUT2D eigenvalue weighted by Gasteiger charge is 2.21. The molecule has 0 fully saturated rings. The number of carbonyl (C=O) groups is 1. The zero-order valence-corrected chi connectivity index (χ0v) is 10.7. The van der Waals surface area contributed by atoms with E-state index in [1.165, 1.54) is 19.1 Å². The van der Waals surface area contributed by atoms with Crippen molar-refractivity contribution in [1.82, 2.24) is 5.32 Å². The van der Waals surface area contributed by atoms with Gasteiger partial charge in [0.05, 0.1) is 17.2 Å². The van der Waals surface area contributed by atoms with Crippen LogP contribution in [0.4, 0.5) is 0 Å². The fraction of sp³-hybridized carbons (Fsp3) is 0.364. The van der Waals surface area contributed by atoms with Gasteiger partial charge in [-0.2, -0.15) is 0 Å². The summed E-state index contributed by atoms with van der Waals surface area (Å²) in [6.07, 6.45) is 0. The molecule has 0 saturated carbocycles. The fourth-order valence-corrected chi connectivity index (χ4v) is 1.47. The third-order valence-corrected chi connectivity index (χ3v) is 2.71. The second-order valence-electron chi connectivity index (χ2n) is 3.96. The summed E-state index contributed by atoms with van der Waals surface area (Å²) in [4.78, 5) is 11.7. The Morgan fingerprint density at radius 2 is 2.12 bits per heavy atom. The number of nitrogens with one attached hydrogen (secondary N) is 1. The number of aliphatic hydroxyl groups is 2. The summed E-state index contributed by atoms with van der Waals surface area (Å²) in [5, 5.41) is 21.5. The molecule has 1 amide bonds.